The number of aryl methyl sites for hydroxylation is 1. The topological polar surface area (TPSA) is 42.2 Å². The number of likely N-dealkylation sites (tertiary alicyclic amines) is 1. The first-order valence-corrected chi connectivity index (χ1v) is 6.86. The molecule has 1 saturated heterocycles. The summed E-state index contributed by atoms with van der Waals surface area (Å²) in [5.74, 6) is 0.722. The van der Waals surface area contributed by atoms with Crippen LogP contribution in [0.25, 0.3) is 0 Å². The Morgan fingerprint density at radius 3 is 2.65 bits per heavy atom. The Bertz CT molecular complexity index is 332. The summed E-state index contributed by atoms with van der Waals surface area (Å²) in [5, 5.41) is 1.17. The van der Waals surface area contributed by atoms with Gasteiger partial charge in [-0.2, -0.15) is 0 Å². The van der Waals surface area contributed by atoms with Crippen molar-refractivity contribution in [2.75, 3.05) is 13.1 Å². The van der Waals surface area contributed by atoms with Crippen molar-refractivity contribution in [3.63, 3.8) is 0 Å². The van der Waals surface area contributed by atoms with Crippen molar-refractivity contribution in [2.45, 2.75) is 39.3 Å². The van der Waals surface area contributed by atoms with Gasteiger partial charge in [0.2, 0.25) is 0 Å². The predicted molar refractivity (Wildman–Crippen MR) is 75.7 cm³/mol. The Hall–Kier alpha value is -0.160. The van der Waals surface area contributed by atoms with Crippen molar-refractivity contribution in [3.8, 4) is 0 Å². The molecule has 17 heavy (non-hydrogen) atoms. The van der Waals surface area contributed by atoms with Gasteiger partial charge in [0.05, 0.1) is 5.01 Å². The van der Waals surface area contributed by atoms with Crippen LogP contribution in [0, 0.1) is 12.8 Å². The summed E-state index contributed by atoms with van der Waals surface area (Å²) < 4.78 is 0. The maximum absolute atomic E-state index is 5.94. The molecule has 0 saturated carbocycles. The molecule has 1 aromatic rings. The summed E-state index contributed by atoms with van der Waals surface area (Å²) >= 11 is 1.81. The molecule has 0 radical (unpaired) electrons. The van der Waals surface area contributed by atoms with Crippen LogP contribution in [-0.4, -0.2) is 29.0 Å². The third kappa shape index (κ3) is 4.21. The highest BCUT2D eigenvalue weighted by Gasteiger charge is 2.21. The van der Waals surface area contributed by atoms with Crippen LogP contribution in [0.15, 0.2) is 6.20 Å². The number of hydrogen-bond acceptors (Lipinski definition) is 4. The lowest BCUT2D eigenvalue weighted by Crippen LogP contribution is -2.39. The second-order valence-corrected chi connectivity index (χ2v) is 6.14. The van der Waals surface area contributed by atoms with Gasteiger partial charge in [-0.15, -0.1) is 23.7 Å². The van der Waals surface area contributed by atoms with Gasteiger partial charge >= 0.3 is 0 Å². The van der Waals surface area contributed by atoms with Gasteiger partial charge in [0.15, 0.2) is 0 Å². The quantitative estimate of drug-likeness (QED) is 0.921. The van der Waals surface area contributed by atoms with Gasteiger partial charge in [0.1, 0.15) is 0 Å². The molecule has 2 N–H and O–H groups in total. The summed E-state index contributed by atoms with van der Waals surface area (Å²) in [4.78, 5) is 8.20. The van der Waals surface area contributed by atoms with Gasteiger partial charge in [-0.25, -0.2) is 4.98 Å². The van der Waals surface area contributed by atoms with E-state index in [1.165, 1.54) is 35.8 Å². The van der Waals surface area contributed by atoms with Crippen LogP contribution in [0.2, 0.25) is 0 Å². The Balaban J connectivity index is 0.00000144. The van der Waals surface area contributed by atoms with Crippen molar-refractivity contribution in [1.29, 1.82) is 0 Å². The average molecular weight is 276 g/mol. The van der Waals surface area contributed by atoms with E-state index in [0.29, 0.717) is 6.04 Å². The lowest BCUT2D eigenvalue weighted by atomic mass is 9.91. The number of hydrogen-bond donors (Lipinski definition) is 1. The summed E-state index contributed by atoms with van der Waals surface area (Å²) in [6, 6.07) is 0.354. The van der Waals surface area contributed by atoms with Crippen LogP contribution in [0.5, 0.6) is 0 Å². The molecule has 1 atom stereocenters. The van der Waals surface area contributed by atoms with E-state index in [0.717, 1.165) is 12.5 Å². The first-order chi connectivity index (χ1) is 7.65. The van der Waals surface area contributed by atoms with Crippen LogP contribution in [0.1, 0.15) is 29.7 Å². The van der Waals surface area contributed by atoms with Gasteiger partial charge in [-0.1, -0.05) is 0 Å². The fourth-order valence-corrected chi connectivity index (χ4v) is 3.17. The van der Waals surface area contributed by atoms with Gasteiger partial charge in [-0.3, -0.25) is 4.90 Å². The number of rotatable bonds is 3. The molecule has 0 bridgehead atoms. The van der Waals surface area contributed by atoms with E-state index in [4.69, 9.17) is 5.73 Å². The lowest BCUT2D eigenvalue weighted by Gasteiger charge is -2.33. The maximum Gasteiger partial charge on any atom is 0.0897 e. The molecule has 0 spiro atoms. The van der Waals surface area contributed by atoms with Gasteiger partial charge in [0, 0.05) is 23.7 Å². The second-order valence-electron chi connectivity index (χ2n) is 4.82. The molecule has 5 heteroatoms. The van der Waals surface area contributed by atoms with E-state index in [1.807, 2.05) is 17.5 Å². The highest BCUT2D eigenvalue weighted by molar-refractivity contribution is 7.11. The summed E-state index contributed by atoms with van der Waals surface area (Å²) in [6.45, 7) is 7.63. The second kappa shape index (κ2) is 6.69. The third-order valence-corrected chi connectivity index (χ3v) is 4.32. The summed E-state index contributed by atoms with van der Waals surface area (Å²) in [6.07, 6.45) is 4.50. The molecule has 1 unspecified atom stereocenters. The highest BCUT2D eigenvalue weighted by Crippen LogP contribution is 2.22. The molecule has 0 aliphatic carbocycles. The zero-order valence-electron chi connectivity index (χ0n) is 10.6. The van der Waals surface area contributed by atoms with E-state index in [-0.39, 0.29) is 12.4 Å². The molecule has 1 aromatic heterocycles. The van der Waals surface area contributed by atoms with Gasteiger partial charge < -0.3 is 5.73 Å². The summed E-state index contributed by atoms with van der Waals surface area (Å²) in [5.41, 5.74) is 5.94. The normalized spacial score (nSPS) is 19.9. The monoisotopic (exact) mass is 275 g/mol. The first kappa shape index (κ1) is 14.9. The van der Waals surface area contributed by atoms with E-state index in [9.17, 15) is 0 Å². The van der Waals surface area contributed by atoms with E-state index >= 15 is 0 Å². The fraction of sp³-hybridized carbons (Fsp3) is 0.750. The minimum atomic E-state index is 0. The predicted octanol–water partition coefficient (Wildman–Crippen LogP) is 2.43. The molecule has 0 amide bonds. The number of nitrogens with two attached hydrogens (primary N) is 1. The third-order valence-electron chi connectivity index (χ3n) is 3.42. The number of thiazole rings is 1. The van der Waals surface area contributed by atoms with Crippen LogP contribution in [0.3, 0.4) is 0 Å². The van der Waals surface area contributed by atoms with Crippen molar-refractivity contribution in [1.82, 2.24) is 9.88 Å². The van der Waals surface area contributed by atoms with Gasteiger partial charge in [-0.05, 0) is 45.7 Å². The largest absolute Gasteiger partial charge is 0.328 e. The van der Waals surface area contributed by atoms with Crippen molar-refractivity contribution >= 4 is 23.7 Å². The molecule has 1 aliphatic rings. The molecular formula is C12H22ClN3S. The Kier molecular flexibility index (Phi) is 5.86. The van der Waals surface area contributed by atoms with E-state index in [1.54, 1.807) is 0 Å². The zero-order valence-corrected chi connectivity index (χ0v) is 12.2. The molecule has 2 rings (SSSR count). The zero-order chi connectivity index (χ0) is 11.5. The van der Waals surface area contributed by atoms with Crippen molar-refractivity contribution < 1.29 is 0 Å². The minimum absolute atomic E-state index is 0. The molecular weight excluding hydrogens is 254 g/mol. The van der Waals surface area contributed by atoms with Crippen LogP contribution in [0.4, 0.5) is 0 Å². The standard InChI is InChI=1S/C12H21N3S.ClH/c1-9(13)11-3-5-15(6-4-11)8-12-7-14-10(2)16-12;/h7,9,11H,3-6,8,13H2,1-2H3;1H. The fourth-order valence-electron chi connectivity index (χ4n) is 2.34. The molecule has 2 heterocycles. The van der Waals surface area contributed by atoms with Crippen LogP contribution < -0.4 is 5.73 Å². The minimum Gasteiger partial charge on any atom is -0.328 e. The number of halogens is 1. The molecule has 3 nitrogen and oxygen atoms in total. The molecule has 1 fully saturated rings. The van der Waals surface area contributed by atoms with Gasteiger partial charge in [0.25, 0.3) is 0 Å². The summed E-state index contributed by atoms with van der Waals surface area (Å²) in [7, 11) is 0. The van der Waals surface area contributed by atoms with E-state index < -0.39 is 0 Å². The van der Waals surface area contributed by atoms with Crippen LogP contribution in [-0.2, 0) is 6.54 Å². The molecule has 0 aromatic carbocycles. The van der Waals surface area contributed by atoms with E-state index in [2.05, 4.69) is 23.7 Å². The van der Waals surface area contributed by atoms with Crippen molar-refractivity contribution in [2.24, 2.45) is 11.7 Å². The van der Waals surface area contributed by atoms with Crippen LogP contribution >= 0.6 is 23.7 Å². The Morgan fingerprint density at radius 2 is 2.18 bits per heavy atom. The molecule has 98 valence electrons. The van der Waals surface area contributed by atoms with Crippen molar-refractivity contribution in [3.05, 3.63) is 16.1 Å². The average Bonchev–Trinajstić information content (AvgIpc) is 2.65. The SMILES string of the molecule is Cc1ncc(CN2CCC(C(C)N)CC2)s1.Cl. The lowest BCUT2D eigenvalue weighted by molar-refractivity contribution is 0.167. The Morgan fingerprint density at radius 1 is 1.53 bits per heavy atom. The highest BCUT2D eigenvalue weighted by atomic mass is 35.5. The number of piperidine rings is 1. The first-order valence-electron chi connectivity index (χ1n) is 6.04. The maximum atomic E-state index is 5.94. The smallest absolute Gasteiger partial charge is 0.0897 e. The Labute approximate surface area is 114 Å². The number of aromatic nitrogens is 1. The number of nitrogens with zero attached hydrogens (tertiary/aromatic N) is 2. The molecule has 1 aliphatic heterocycles.